The van der Waals surface area contributed by atoms with Gasteiger partial charge in [-0.15, -0.1) is 12.4 Å². The number of benzene rings is 2. The zero-order valence-electron chi connectivity index (χ0n) is 24.4. The van der Waals surface area contributed by atoms with Gasteiger partial charge in [0.2, 0.25) is 23.6 Å². The third kappa shape index (κ3) is 12.7. The van der Waals surface area contributed by atoms with Crippen LogP contribution in [0.1, 0.15) is 24.5 Å². The molecule has 4 atom stereocenters. The second-order valence-electron chi connectivity index (χ2n) is 9.79. The zero-order valence-corrected chi connectivity index (χ0v) is 26.1. The van der Waals surface area contributed by atoms with E-state index in [1.54, 1.807) is 25.4 Å². The molecule has 13 heteroatoms. The molecule has 5 N–H and O–H groups in total. The van der Waals surface area contributed by atoms with E-state index in [1.807, 2.05) is 30.3 Å². The smallest absolute Gasteiger partial charge is 0.243 e. The number of hydrogen-bond donors (Lipinski definition) is 5. The van der Waals surface area contributed by atoms with Gasteiger partial charge in [0.15, 0.2) is 0 Å². The number of hydrogen-bond acceptors (Lipinski definition) is 7. The molecule has 0 fully saturated rings. The van der Waals surface area contributed by atoms with Gasteiger partial charge in [0.1, 0.15) is 23.6 Å². The van der Waals surface area contributed by atoms with Crippen LogP contribution in [0.25, 0.3) is 0 Å². The van der Waals surface area contributed by atoms with Crippen molar-refractivity contribution in [2.24, 2.45) is 0 Å². The Bertz CT molecular complexity index is 1140. The molecule has 2 rings (SSSR count). The molecule has 0 spiro atoms. The van der Waals surface area contributed by atoms with E-state index in [4.69, 9.17) is 0 Å². The Hall–Kier alpha value is -3.32. The van der Waals surface area contributed by atoms with Crippen molar-refractivity contribution >= 4 is 47.2 Å². The summed E-state index contributed by atoms with van der Waals surface area (Å²) in [4.78, 5) is 52.8. The lowest BCUT2D eigenvalue weighted by atomic mass is 10.0. The number of nitrogens with zero attached hydrogens (tertiary/aromatic N) is 1. The maximum atomic E-state index is 13.0. The summed E-state index contributed by atoms with van der Waals surface area (Å²) in [6.07, 6.45) is 2.78. The van der Waals surface area contributed by atoms with Crippen LogP contribution >= 0.6 is 12.4 Å². The van der Waals surface area contributed by atoms with Gasteiger partial charge in [-0.1, -0.05) is 53.6 Å². The SMILES string of the molecule is CN[C@@H](Cc1ccc(O)cc1)C(=O)N[C@H](C)C(=O)NCC(=O)N(C)[C@@H](Cc1ccccc1)C(=O)NCCC[S+](C)[O-].Cl. The number of nitrogens with one attached hydrogen (secondary N) is 4. The Morgan fingerprint density at radius 3 is 2.14 bits per heavy atom. The van der Waals surface area contributed by atoms with Crippen LogP contribution in [0.5, 0.6) is 5.75 Å². The Kier molecular flexibility index (Phi) is 16.6. The Morgan fingerprint density at radius 1 is 0.929 bits per heavy atom. The van der Waals surface area contributed by atoms with Gasteiger partial charge in [-0.25, -0.2) is 0 Å². The first-order valence-electron chi connectivity index (χ1n) is 13.4. The predicted molar refractivity (Wildman–Crippen MR) is 166 cm³/mol. The first-order chi connectivity index (χ1) is 19.5. The molecule has 2 aromatic rings. The van der Waals surface area contributed by atoms with Crippen molar-refractivity contribution in [2.75, 3.05) is 39.2 Å². The van der Waals surface area contributed by atoms with Crippen LogP contribution in [0, 0.1) is 0 Å². The van der Waals surface area contributed by atoms with Gasteiger partial charge in [0.25, 0.3) is 0 Å². The molecule has 0 bridgehead atoms. The lowest BCUT2D eigenvalue weighted by Crippen LogP contribution is -2.54. The average Bonchev–Trinajstić information content (AvgIpc) is 2.96. The molecule has 0 aliphatic rings. The van der Waals surface area contributed by atoms with Crippen molar-refractivity contribution in [1.29, 1.82) is 0 Å². The maximum absolute atomic E-state index is 13.0. The van der Waals surface area contributed by atoms with Crippen molar-refractivity contribution in [2.45, 2.75) is 44.3 Å². The number of likely N-dealkylation sites (N-methyl/N-ethyl adjacent to an activating group) is 2. The van der Waals surface area contributed by atoms with Crippen LogP contribution in [-0.4, -0.2) is 95.5 Å². The van der Waals surface area contributed by atoms with Crippen LogP contribution < -0.4 is 21.3 Å². The maximum Gasteiger partial charge on any atom is 0.243 e. The second kappa shape index (κ2) is 19.0. The quantitative estimate of drug-likeness (QED) is 0.134. The second-order valence-corrected chi connectivity index (χ2v) is 11.3. The Labute approximate surface area is 256 Å². The highest BCUT2D eigenvalue weighted by molar-refractivity contribution is 7.90. The fourth-order valence-electron chi connectivity index (χ4n) is 4.04. The summed E-state index contributed by atoms with van der Waals surface area (Å²) in [6, 6.07) is 13.4. The standard InChI is InChI=1S/C29H41N5O6S.ClH/c1-20(33-28(38)24(30-2)17-22-11-13-23(35)14-12-22)27(37)32-19-26(36)34(3)25(18-21-9-6-5-7-10-21)29(39)31-15-8-16-41(4)40;/h5-7,9-14,20,24-25,30,35H,8,15-19H2,1-4H3,(H,31,39)(H,32,37)(H,33,38);1H/t20-,24+,25+,41?;/m1./s1. The highest BCUT2D eigenvalue weighted by Gasteiger charge is 2.28. The minimum absolute atomic E-state index is 0. The first-order valence-corrected chi connectivity index (χ1v) is 15.1. The van der Waals surface area contributed by atoms with E-state index in [0.717, 1.165) is 11.1 Å². The van der Waals surface area contributed by atoms with Crippen molar-refractivity contribution < 1.29 is 28.8 Å². The molecule has 42 heavy (non-hydrogen) atoms. The van der Waals surface area contributed by atoms with Gasteiger partial charge in [-0.2, -0.15) is 0 Å². The van der Waals surface area contributed by atoms with Gasteiger partial charge in [-0.05, 0) is 43.7 Å². The van der Waals surface area contributed by atoms with Crippen LogP contribution in [0.3, 0.4) is 0 Å². The van der Waals surface area contributed by atoms with Gasteiger partial charge in [0, 0.05) is 26.4 Å². The lowest BCUT2D eigenvalue weighted by Gasteiger charge is -2.28. The van der Waals surface area contributed by atoms with E-state index in [1.165, 1.54) is 31.0 Å². The summed E-state index contributed by atoms with van der Waals surface area (Å²) in [5.74, 6) is -1.16. The van der Waals surface area contributed by atoms with Crippen molar-refractivity contribution in [1.82, 2.24) is 26.2 Å². The monoisotopic (exact) mass is 623 g/mol. The largest absolute Gasteiger partial charge is 0.617 e. The summed E-state index contributed by atoms with van der Waals surface area (Å²) in [5, 5.41) is 20.4. The Morgan fingerprint density at radius 2 is 1.55 bits per heavy atom. The van der Waals surface area contributed by atoms with Crippen LogP contribution in [0.4, 0.5) is 0 Å². The van der Waals surface area contributed by atoms with Gasteiger partial charge in [-0.3, -0.25) is 19.2 Å². The molecule has 1 unspecified atom stereocenters. The summed E-state index contributed by atoms with van der Waals surface area (Å²) >= 11 is -0.962. The predicted octanol–water partition coefficient (Wildman–Crippen LogP) is 0.520. The van der Waals surface area contributed by atoms with Crippen molar-refractivity contribution in [3.63, 3.8) is 0 Å². The van der Waals surface area contributed by atoms with Crippen LogP contribution in [0.2, 0.25) is 0 Å². The molecule has 2 aromatic carbocycles. The number of amides is 4. The molecule has 0 aliphatic heterocycles. The fourth-order valence-corrected chi connectivity index (χ4v) is 4.59. The molecule has 0 aliphatic carbocycles. The number of carbonyl (C=O) groups is 4. The van der Waals surface area contributed by atoms with Crippen LogP contribution in [0.15, 0.2) is 54.6 Å². The van der Waals surface area contributed by atoms with E-state index >= 15 is 0 Å². The van der Waals surface area contributed by atoms with E-state index < -0.39 is 47.0 Å². The van der Waals surface area contributed by atoms with Gasteiger partial charge in [0.05, 0.1) is 18.8 Å². The summed E-state index contributed by atoms with van der Waals surface area (Å²) in [5.41, 5.74) is 1.70. The Balaban J connectivity index is 0.00000882. The molecule has 0 aromatic heterocycles. The molecule has 232 valence electrons. The third-order valence-corrected chi connectivity index (χ3v) is 7.41. The normalized spacial score (nSPS) is 13.5. The highest BCUT2D eigenvalue weighted by atomic mass is 35.5. The van der Waals surface area contributed by atoms with Gasteiger partial charge >= 0.3 is 0 Å². The minimum Gasteiger partial charge on any atom is -0.617 e. The minimum atomic E-state index is -0.962. The molecule has 11 nitrogen and oxygen atoms in total. The number of carbonyl (C=O) groups excluding carboxylic acids is 4. The number of phenols is 1. The third-order valence-electron chi connectivity index (χ3n) is 6.55. The molecule has 0 saturated carbocycles. The van der Waals surface area contributed by atoms with E-state index in [0.29, 0.717) is 25.1 Å². The van der Waals surface area contributed by atoms with E-state index in [2.05, 4.69) is 21.3 Å². The average molecular weight is 624 g/mol. The number of halogens is 1. The summed E-state index contributed by atoms with van der Waals surface area (Å²) < 4.78 is 11.3. The zero-order chi connectivity index (χ0) is 30.4. The van der Waals surface area contributed by atoms with Gasteiger partial charge < -0.3 is 35.8 Å². The van der Waals surface area contributed by atoms with E-state index in [9.17, 15) is 28.8 Å². The molecular formula is C29H42ClN5O6S. The topological polar surface area (TPSA) is 163 Å². The molecule has 0 radical (unpaired) electrons. The molecule has 0 saturated heterocycles. The first kappa shape index (κ1) is 36.7. The fraction of sp³-hybridized carbons (Fsp3) is 0.448. The highest BCUT2D eigenvalue weighted by Crippen LogP contribution is 2.12. The van der Waals surface area contributed by atoms with Crippen LogP contribution in [-0.2, 0) is 43.2 Å². The molecule has 4 amide bonds. The molecule has 0 heterocycles. The lowest BCUT2D eigenvalue weighted by molar-refractivity contribution is -0.139. The van der Waals surface area contributed by atoms with Crippen molar-refractivity contribution in [3.8, 4) is 5.75 Å². The molecular weight excluding hydrogens is 582 g/mol. The summed E-state index contributed by atoms with van der Waals surface area (Å²) in [6.45, 7) is 1.50. The number of rotatable bonds is 16. The summed E-state index contributed by atoms with van der Waals surface area (Å²) in [7, 11) is 3.14. The number of phenolic OH excluding ortho intramolecular Hbond substituents is 1. The van der Waals surface area contributed by atoms with E-state index in [-0.39, 0.29) is 37.0 Å². The number of aromatic hydroxyl groups is 1. The van der Waals surface area contributed by atoms with Crippen molar-refractivity contribution in [3.05, 3.63) is 65.7 Å².